The molecular weight excluding hydrogens is 147 g/mol. The van der Waals surface area contributed by atoms with Crippen molar-refractivity contribution in [3.63, 3.8) is 0 Å². The molecule has 1 rings (SSSR count). The Balaban J connectivity index is 2.39. The van der Waals surface area contributed by atoms with Crippen molar-refractivity contribution in [2.24, 2.45) is 0 Å². The fraction of sp³-hybridized carbons (Fsp3) is 1.00. The van der Waals surface area contributed by atoms with E-state index < -0.39 is 12.3 Å². The van der Waals surface area contributed by atoms with E-state index in [9.17, 15) is 13.2 Å². The lowest BCUT2D eigenvalue weighted by Gasteiger charge is -2.24. The summed E-state index contributed by atoms with van der Waals surface area (Å²) >= 11 is 0. The van der Waals surface area contributed by atoms with Crippen molar-refractivity contribution in [1.29, 1.82) is 0 Å². The van der Waals surface area contributed by atoms with Gasteiger partial charge in [0.15, 0.2) is 6.10 Å². The first-order valence-corrected chi connectivity index (χ1v) is 2.92. The van der Waals surface area contributed by atoms with Crippen LogP contribution in [-0.4, -0.2) is 32.0 Å². The predicted octanol–water partition coefficient (Wildman–Crippen LogP) is 0.552. The molecule has 0 N–H and O–H groups in total. The molecule has 0 saturated carbocycles. The third kappa shape index (κ3) is 1.85. The molecule has 10 heavy (non-hydrogen) atoms. The highest BCUT2D eigenvalue weighted by Crippen LogP contribution is 2.23. The molecule has 1 atom stereocenters. The summed E-state index contributed by atoms with van der Waals surface area (Å²) in [6.45, 7) is 0.222. The second-order valence-electron chi connectivity index (χ2n) is 2.03. The van der Waals surface area contributed by atoms with Crippen molar-refractivity contribution in [2.75, 3.05) is 19.7 Å². The van der Waals surface area contributed by atoms with Crippen molar-refractivity contribution in [1.82, 2.24) is 5.32 Å². The third-order valence-electron chi connectivity index (χ3n) is 1.23. The number of hydrogen-bond acceptors (Lipinski definition) is 1. The predicted molar refractivity (Wildman–Crippen MR) is 27.7 cm³/mol. The summed E-state index contributed by atoms with van der Waals surface area (Å²) < 4.78 is 39.7. The van der Waals surface area contributed by atoms with Crippen LogP contribution in [0.4, 0.5) is 13.2 Å². The molecule has 1 aliphatic heterocycles. The summed E-state index contributed by atoms with van der Waals surface area (Å²) in [6.07, 6.45) is -5.91. The van der Waals surface area contributed by atoms with Gasteiger partial charge in [0, 0.05) is 13.1 Å². The van der Waals surface area contributed by atoms with E-state index in [1.165, 1.54) is 0 Å². The molecule has 5 heteroatoms. The summed E-state index contributed by atoms with van der Waals surface area (Å²) in [6, 6.07) is 0. The van der Waals surface area contributed by atoms with Crippen LogP contribution in [0, 0.1) is 0 Å². The number of alkyl halides is 3. The molecule has 0 aromatic carbocycles. The quantitative estimate of drug-likeness (QED) is 0.499. The SMILES string of the molecule is FC(F)(F)C1C[N]CCO1. The van der Waals surface area contributed by atoms with Crippen molar-refractivity contribution in [3.05, 3.63) is 0 Å². The van der Waals surface area contributed by atoms with Gasteiger partial charge in [0.2, 0.25) is 0 Å². The van der Waals surface area contributed by atoms with Crippen LogP contribution in [0.25, 0.3) is 0 Å². The van der Waals surface area contributed by atoms with E-state index in [1.54, 1.807) is 0 Å². The molecule has 59 valence electrons. The normalized spacial score (nSPS) is 28.5. The maximum atomic E-state index is 11.8. The maximum Gasteiger partial charge on any atom is 0.415 e. The minimum Gasteiger partial charge on any atom is -0.366 e. The van der Waals surface area contributed by atoms with Gasteiger partial charge in [-0.2, -0.15) is 13.2 Å². The molecule has 0 aromatic rings. The van der Waals surface area contributed by atoms with Crippen LogP contribution in [0.3, 0.4) is 0 Å². The van der Waals surface area contributed by atoms with E-state index in [0.29, 0.717) is 6.54 Å². The van der Waals surface area contributed by atoms with E-state index in [2.05, 4.69) is 10.1 Å². The Hall–Kier alpha value is -0.290. The van der Waals surface area contributed by atoms with Crippen LogP contribution in [0.2, 0.25) is 0 Å². The molecule has 1 fully saturated rings. The van der Waals surface area contributed by atoms with Crippen LogP contribution < -0.4 is 5.32 Å². The lowest BCUT2D eigenvalue weighted by molar-refractivity contribution is -0.225. The highest BCUT2D eigenvalue weighted by atomic mass is 19.4. The molecule has 2 nitrogen and oxygen atoms in total. The number of ether oxygens (including phenoxy) is 1. The zero-order valence-corrected chi connectivity index (χ0v) is 5.19. The van der Waals surface area contributed by atoms with E-state index in [4.69, 9.17) is 0 Å². The van der Waals surface area contributed by atoms with Crippen LogP contribution >= 0.6 is 0 Å². The Morgan fingerprint density at radius 3 is 2.40 bits per heavy atom. The number of halogens is 3. The molecule has 0 amide bonds. The first kappa shape index (κ1) is 7.81. The largest absolute Gasteiger partial charge is 0.415 e. The minimum atomic E-state index is -4.25. The molecule has 1 unspecified atom stereocenters. The average molecular weight is 154 g/mol. The monoisotopic (exact) mass is 154 g/mol. The first-order chi connectivity index (χ1) is 4.61. The van der Waals surface area contributed by atoms with Gasteiger partial charge >= 0.3 is 6.18 Å². The number of hydrogen-bond donors (Lipinski definition) is 0. The number of morpholine rings is 1. The topological polar surface area (TPSA) is 23.3 Å². The molecular formula is C5H7F3NO. The summed E-state index contributed by atoms with van der Waals surface area (Å²) in [5, 5.41) is 3.58. The second kappa shape index (κ2) is 2.75. The fourth-order valence-electron chi connectivity index (χ4n) is 0.719. The number of rotatable bonds is 0. The standard InChI is InChI=1S/C5H7F3NO/c6-5(7,8)4-3-9-1-2-10-4/h4H,1-3H2. The minimum absolute atomic E-state index is 0.0875. The van der Waals surface area contributed by atoms with Gasteiger partial charge in [0.25, 0.3) is 0 Å². The second-order valence-corrected chi connectivity index (χ2v) is 2.03. The van der Waals surface area contributed by atoms with Gasteiger partial charge in [-0.15, -0.1) is 0 Å². The summed E-state index contributed by atoms with van der Waals surface area (Å²) in [7, 11) is 0. The van der Waals surface area contributed by atoms with Crippen molar-refractivity contribution in [3.8, 4) is 0 Å². The van der Waals surface area contributed by atoms with Gasteiger partial charge in [-0.25, -0.2) is 5.32 Å². The average Bonchev–Trinajstić information content (AvgIpc) is 1.88. The van der Waals surface area contributed by atoms with Gasteiger partial charge < -0.3 is 4.74 Å². The Morgan fingerprint density at radius 1 is 1.40 bits per heavy atom. The lowest BCUT2D eigenvalue weighted by atomic mass is 10.3. The fourth-order valence-corrected chi connectivity index (χ4v) is 0.719. The van der Waals surface area contributed by atoms with E-state index in [0.717, 1.165) is 0 Å². The highest BCUT2D eigenvalue weighted by molar-refractivity contribution is 4.73. The van der Waals surface area contributed by atoms with E-state index in [1.807, 2.05) is 0 Å². The number of nitrogens with zero attached hydrogens (tertiary/aromatic N) is 1. The highest BCUT2D eigenvalue weighted by Gasteiger charge is 2.41. The van der Waals surface area contributed by atoms with Crippen molar-refractivity contribution in [2.45, 2.75) is 12.3 Å². The van der Waals surface area contributed by atoms with E-state index >= 15 is 0 Å². The third-order valence-corrected chi connectivity index (χ3v) is 1.23. The van der Waals surface area contributed by atoms with Crippen LogP contribution in [0.1, 0.15) is 0 Å². The summed E-state index contributed by atoms with van der Waals surface area (Å²) in [5.41, 5.74) is 0. The molecule has 1 heterocycles. The Kier molecular flexibility index (Phi) is 2.15. The molecule has 0 aromatic heterocycles. The summed E-state index contributed by atoms with van der Waals surface area (Å²) in [4.78, 5) is 0. The molecule has 1 aliphatic rings. The summed E-state index contributed by atoms with van der Waals surface area (Å²) in [5.74, 6) is 0. The lowest BCUT2D eigenvalue weighted by Crippen LogP contribution is -2.43. The zero-order chi connectivity index (χ0) is 7.61. The van der Waals surface area contributed by atoms with Crippen LogP contribution in [0.15, 0.2) is 0 Å². The van der Waals surface area contributed by atoms with Crippen LogP contribution in [0.5, 0.6) is 0 Å². The first-order valence-electron chi connectivity index (χ1n) is 2.92. The molecule has 0 aliphatic carbocycles. The molecule has 1 radical (unpaired) electrons. The molecule has 0 bridgehead atoms. The Morgan fingerprint density at radius 2 is 2.10 bits per heavy atom. The smallest absolute Gasteiger partial charge is 0.366 e. The Labute approximate surface area is 56.4 Å². The maximum absolute atomic E-state index is 11.8. The van der Waals surface area contributed by atoms with E-state index in [-0.39, 0.29) is 13.2 Å². The molecule has 0 spiro atoms. The Bertz CT molecular complexity index is 108. The molecule has 1 saturated heterocycles. The van der Waals surface area contributed by atoms with Gasteiger partial charge in [0.1, 0.15) is 0 Å². The van der Waals surface area contributed by atoms with Crippen molar-refractivity contribution < 1.29 is 17.9 Å². The zero-order valence-electron chi connectivity index (χ0n) is 5.19. The van der Waals surface area contributed by atoms with Crippen LogP contribution in [-0.2, 0) is 4.74 Å². The van der Waals surface area contributed by atoms with Gasteiger partial charge in [0.05, 0.1) is 6.61 Å². The van der Waals surface area contributed by atoms with Crippen molar-refractivity contribution >= 4 is 0 Å². The van der Waals surface area contributed by atoms with Gasteiger partial charge in [-0.05, 0) is 0 Å². The van der Waals surface area contributed by atoms with Gasteiger partial charge in [-0.3, -0.25) is 0 Å². The van der Waals surface area contributed by atoms with Gasteiger partial charge in [-0.1, -0.05) is 0 Å².